The highest BCUT2D eigenvalue weighted by atomic mass is 32.2. The number of fused-ring (bicyclic) bond motifs is 1. The molecule has 164 valence electrons. The first-order chi connectivity index (χ1) is 15.3. The molecule has 1 heterocycles. The van der Waals surface area contributed by atoms with E-state index in [9.17, 15) is 18.0 Å². The minimum Gasteiger partial charge on any atom is -0.312 e. The Hall–Kier alpha value is -3.85. The van der Waals surface area contributed by atoms with E-state index >= 15 is 0 Å². The Morgan fingerprint density at radius 3 is 2.28 bits per heavy atom. The van der Waals surface area contributed by atoms with Crippen molar-refractivity contribution in [2.24, 2.45) is 0 Å². The average Bonchev–Trinajstić information content (AvgIpc) is 3.18. The van der Waals surface area contributed by atoms with Crippen LogP contribution in [0.1, 0.15) is 12.5 Å². The maximum atomic E-state index is 12.9. The molecule has 32 heavy (non-hydrogen) atoms. The zero-order valence-electron chi connectivity index (χ0n) is 17.3. The van der Waals surface area contributed by atoms with Gasteiger partial charge in [-0.15, -0.1) is 0 Å². The SMILES string of the molecule is CC(=O)N1CCc2cc(S(=O)(=O)Nc3cccc(NC(=O)Nc4ccccc4)c3)ccc21. The zero-order chi connectivity index (χ0) is 22.7. The number of nitrogens with one attached hydrogen (secondary N) is 3. The lowest BCUT2D eigenvalue weighted by Crippen LogP contribution is -2.25. The Kier molecular flexibility index (Phi) is 5.83. The third-order valence-electron chi connectivity index (χ3n) is 5.04. The summed E-state index contributed by atoms with van der Waals surface area (Å²) in [6, 6.07) is 19.7. The van der Waals surface area contributed by atoms with Crippen molar-refractivity contribution in [2.45, 2.75) is 18.2 Å². The van der Waals surface area contributed by atoms with E-state index in [0.29, 0.717) is 30.0 Å². The fourth-order valence-electron chi connectivity index (χ4n) is 3.56. The van der Waals surface area contributed by atoms with Gasteiger partial charge in [-0.2, -0.15) is 0 Å². The number of carbonyl (C=O) groups is 2. The summed E-state index contributed by atoms with van der Waals surface area (Å²) < 4.78 is 28.3. The van der Waals surface area contributed by atoms with Gasteiger partial charge in [-0.3, -0.25) is 9.52 Å². The first-order valence-electron chi connectivity index (χ1n) is 9.99. The quantitative estimate of drug-likeness (QED) is 0.545. The van der Waals surface area contributed by atoms with Crippen LogP contribution in [-0.4, -0.2) is 26.9 Å². The largest absolute Gasteiger partial charge is 0.323 e. The van der Waals surface area contributed by atoms with E-state index in [1.165, 1.54) is 19.1 Å². The predicted octanol–water partition coefficient (Wildman–Crippen LogP) is 4.04. The first-order valence-corrected chi connectivity index (χ1v) is 11.5. The number of carbonyl (C=O) groups excluding carboxylic acids is 2. The summed E-state index contributed by atoms with van der Waals surface area (Å²) in [5, 5.41) is 5.39. The lowest BCUT2D eigenvalue weighted by Gasteiger charge is -2.15. The highest BCUT2D eigenvalue weighted by Gasteiger charge is 2.25. The number of hydrogen-bond donors (Lipinski definition) is 3. The standard InChI is InChI=1S/C23H22N4O4S/c1-16(28)27-13-12-17-14-21(10-11-22(17)27)32(30,31)26-20-9-5-8-19(15-20)25-23(29)24-18-6-3-2-4-7-18/h2-11,14-15,26H,12-13H2,1H3,(H2,24,25,29). The number of benzene rings is 3. The van der Waals surface area contributed by atoms with E-state index < -0.39 is 16.1 Å². The normalized spacial score (nSPS) is 12.7. The van der Waals surface area contributed by atoms with Crippen molar-refractivity contribution >= 4 is 44.7 Å². The van der Waals surface area contributed by atoms with E-state index in [0.717, 1.165) is 11.3 Å². The van der Waals surface area contributed by atoms with Gasteiger partial charge in [-0.05, 0) is 60.5 Å². The molecule has 8 nitrogen and oxygen atoms in total. The number of nitrogens with zero attached hydrogens (tertiary/aromatic N) is 1. The molecule has 9 heteroatoms. The molecule has 0 unspecified atom stereocenters. The smallest absolute Gasteiger partial charge is 0.312 e. The zero-order valence-corrected chi connectivity index (χ0v) is 18.1. The average molecular weight is 451 g/mol. The number of hydrogen-bond acceptors (Lipinski definition) is 4. The number of sulfonamides is 1. The molecule has 0 aromatic heterocycles. The van der Waals surface area contributed by atoms with Crippen LogP contribution in [0.25, 0.3) is 0 Å². The van der Waals surface area contributed by atoms with Crippen LogP contribution in [0.5, 0.6) is 0 Å². The highest BCUT2D eigenvalue weighted by Crippen LogP contribution is 2.31. The highest BCUT2D eigenvalue weighted by molar-refractivity contribution is 7.92. The molecule has 0 saturated carbocycles. The Morgan fingerprint density at radius 1 is 0.844 bits per heavy atom. The molecule has 3 aromatic rings. The van der Waals surface area contributed by atoms with Crippen molar-refractivity contribution in [3.8, 4) is 0 Å². The lowest BCUT2D eigenvalue weighted by molar-refractivity contribution is -0.116. The number of urea groups is 1. The van der Waals surface area contributed by atoms with Crippen molar-refractivity contribution in [1.29, 1.82) is 0 Å². The lowest BCUT2D eigenvalue weighted by atomic mass is 10.2. The van der Waals surface area contributed by atoms with Gasteiger partial charge >= 0.3 is 6.03 Å². The topological polar surface area (TPSA) is 108 Å². The third-order valence-corrected chi connectivity index (χ3v) is 6.42. The minimum absolute atomic E-state index is 0.0712. The molecule has 4 rings (SSSR count). The van der Waals surface area contributed by atoms with Gasteiger partial charge in [0.15, 0.2) is 0 Å². The summed E-state index contributed by atoms with van der Waals surface area (Å²) >= 11 is 0. The Morgan fingerprint density at radius 2 is 1.53 bits per heavy atom. The number of rotatable bonds is 5. The van der Waals surface area contributed by atoms with Gasteiger partial charge in [0.05, 0.1) is 10.6 Å². The van der Waals surface area contributed by atoms with Crippen LogP contribution in [-0.2, 0) is 21.2 Å². The molecular weight excluding hydrogens is 428 g/mol. The molecule has 0 saturated heterocycles. The number of anilines is 4. The molecule has 1 aliphatic rings. The van der Waals surface area contributed by atoms with Crippen LogP contribution in [0.3, 0.4) is 0 Å². The molecule has 0 spiro atoms. The van der Waals surface area contributed by atoms with Gasteiger partial charge in [0, 0.05) is 30.5 Å². The third kappa shape index (κ3) is 4.73. The second-order valence-corrected chi connectivity index (χ2v) is 9.03. The van der Waals surface area contributed by atoms with Crippen molar-refractivity contribution in [2.75, 3.05) is 26.8 Å². The van der Waals surface area contributed by atoms with Gasteiger partial charge in [-0.25, -0.2) is 13.2 Å². The van der Waals surface area contributed by atoms with Crippen molar-refractivity contribution in [3.05, 3.63) is 78.4 Å². The van der Waals surface area contributed by atoms with Crippen molar-refractivity contribution in [1.82, 2.24) is 0 Å². The van der Waals surface area contributed by atoms with Gasteiger partial charge in [0.1, 0.15) is 0 Å². The molecule has 1 aliphatic heterocycles. The summed E-state index contributed by atoms with van der Waals surface area (Å²) in [6.07, 6.45) is 0.605. The number of para-hydroxylation sites is 1. The first kappa shape index (κ1) is 21.4. The Bertz CT molecular complexity index is 1280. The molecule has 3 amide bonds. The van der Waals surface area contributed by atoms with E-state index in [4.69, 9.17) is 0 Å². The van der Waals surface area contributed by atoms with Crippen LogP contribution in [0.15, 0.2) is 77.7 Å². The summed E-state index contributed by atoms with van der Waals surface area (Å²) in [5.41, 5.74) is 2.95. The van der Waals surface area contributed by atoms with Crippen LogP contribution in [0.2, 0.25) is 0 Å². The fourth-order valence-corrected chi connectivity index (χ4v) is 4.66. The van der Waals surface area contributed by atoms with Crippen LogP contribution < -0.4 is 20.3 Å². The summed E-state index contributed by atoms with van der Waals surface area (Å²) in [7, 11) is -3.85. The van der Waals surface area contributed by atoms with Crippen molar-refractivity contribution < 1.29 is 18.0 Å². The molecule has 0 aliphatic carbocycles. The molecule has 3 N–H and O–H groups in total. The number of amides is 3. The van der Waals surface area contributed by atoms with E-state index in [1.807, 2.05) is 18.2 Å². The summed E-state index contributed by atoms with van der Waals surface area (Å²) in [6.45, 7) is 2.03. The molecule has 0 bridgehead atoms. The monoisotopic (exact) mass is 450 g/mol. The van der Waals surface area contributed by atoms with E-state index in [-0.39, 0.29) is 10.8 Å². The van der Waals surface area contributed by atoms with Gasteiger partial charge in [0.2, 0.25) is 5.91 Å². The van der Waals surface area contributed by atoms with Gasteiger partial charge < -0.3 is 15.5 Å². The Balaban J connectivity index is 1.47. The second-order valence-electron chi connectivity index (χ2n) is 7.34. The maximum Gasteiger partial charge on any atom is 0.323 e. The second kappa shape index (κ2) is 8.72. The molecule has 0 radical (unpaired) electrons. The van der Waals surface area contributed by atoms with Crippen molar-refractivity contribution in [3.63, 3.8) is 0 Å². The molecule has 3 aromatic carbocycles. The van der Waals surface area contributed by atoms with Crippen LogP contribution >= 0.6 is 0 Å². The minimum atomic E-state index is -3.85. The Labute approximate surface area is 186 Å². The maximum absolute atomic E-state index is 12.9. The molecule has 0 atom stereocenters. The van der Waals surface area contributed by atoms with Gasteiger partial charge in [0.25, 0.3) is 10.0 Å². The van der Waals surface area contributed by atoms with Gasteiger partial charge in [-0.1, -0.05) is 24.3 Å². The fraction of sp³-hybridized carbons (Fsp3) is 0.130. The van der Waals surface area contributed by atoms with E-state index in [1.54, 1.807) is 47.4 Å². The summed E-state index contributed by atoms with van der Waals surface area (Å²) in [4.78, 5) is 25.6. The van der Waals surface area contributed by atoms with Crippen LogP contribution in [0, 0.1) is 0 Å². The summed E-state index contributed by atoms with van der Waals surface area (Å²) in [5.74, 6) is -0.0712. The molecular formula is C23H22N4O4S. The van der Waals surface area contributed by atoms with E-state index in [2.05, 4.69) is 15.4 Å². The molecule has 0 fully saturated rings. The van der Waals surface area contributed by atoms with Crippen LogP contribution in [0.4, 0.5) is 27.5 Å². The predicted molar refractivity (Wildman–Crippen MR) is 125 cm³/mol.